The van der Waals surface area contributed by atoms with Crippen molar-refractivity contribution in [2.45, 2.75) is 12.8 Å². The first-order valence-electron chi connectivity index (χ1n) is 6.56. The summed E-state index contributed by atoms with van der Waals surface area (Å²) in [6.07, 6.45) is 2.13. The monoisotopic (exact) mass is 316 g/mol. The standard InChI is InChI=1S/C14H18Cl2N2O2/c1-18(7-9-3-2-4-20-8-9)14(19)10-5-11(15)13(17)12(16)6-10/h5-6,9H,2-4,7-8,17H2,1H3. The zero-order valence-corrected chi connectivity index (χ0v) is 12.9. The first-order chi connectivity index (χ1) is 9.49. The van der Waals surface area contributed by atoms with E-state index in [0.717, 1.165) is 19.4 Å². The number of rotatable bonds is 3. The SMILES string of the molecule is CN(CC1CCCOC1)C(=O)c1cc(Cl)c(N)c(Cl)c1. The molecule has 1 aromatic carbocycles. The summed E-state index contributed by atoms with van der Waals surface area (Å²) < 4.78 is 5.43. The van der Waals surface area contributed by atoms with Crippen molar-refractivity contribution in [3.05, 3.63) is 27.7 Å². The molecule has 0 radical (unpaired) electrons. The number of halogens is 2. The number of hydrogen-bond acceptors (Lipinski definition) is 3. The molecule has 2 rings (SSSR count). The number of nitrogens with zero attached hydrogens (tertiary/aromatic N) is 1. The molecular formula is C14H18Cl2N2O2. The molecule has 2 N–H and O–H groups in total. The molecule has 1 saturated heterocycles. The third kappa shape index (κ3) is 3.57. The lowest BCUT2D eigenvalue weighted by atomic mass is 10.0. The van der Waals surface area contributed by atoms with Crippen molar-refractivity contribution in [3.63, 3.8) is 0 Å². The van der Waals surface area contributed by atoms with Crippen LogP contribution in [-0.4, -0.2) is 37.6 Å². The summed E-state index contributed by atoms with van der Waals surface area (Å²) in [7, 11) is 1.77. The van der Waals surface area contributed by atoms with E-state index < -0.39 is 0 Å². The zero-order valence-electron chi connectivity index (χ0n) is 11.4. The van der Waals surface area contributed by atoms with Crippen LogP contribution < -0.4 is 5.73 Å². The Labute approximate surface area is 128 Å². The number of nitrogens with two attached hydrogens (primary N) is 1. The van der Waals surface area contributed by atoms with Crippen LogP contribution in [0.15, 0.2) is 12.1 Å². The minimum atomic E-state index is -0.112. The molecule has 1 atom stereocenters. The van der Waals surface area contributed by atoms with Gasteiger partial charge in [0.15, 0.2) is 0 Å². The Kier molecular flexibility index (Phi) is 5.13. The van der Waals surface area contributed by atoms with E-state index in [2.05, 4.69) is 0 Å². The lowest BCUT2D eigenvalue weighted by molar-refractivity contribution is 0.0388. The average molecular weight is 317 g/mol. The fourth-order valence-corrected chi connectivity index (χ4v) is 2.84. The van der Waals surface area contributed by atoms with Gasteiger partial charge < -0.3 is 15.4 Å². The quantitative estimate of drug-likeness (QED) is 0.872. The van der Waals surface area contributed by atoms with E-state index in [1.165, 1.54) is 0 Å². The van der Waals surface area contributed by atoms with Crippen LogP contribution in [0.3, 0.4) is 0 Å². The van der Waals surface area contributed by atoms with Gasteiger partial charge in [-0.3, -0.25) is 4.79 Å². The lowest BCUT2D eigenvalue weighted by Gasteiger charge is -2.27. The third-order valence-electron chi connectivity index (χ3n) is 3.46. The van der Waals surface area contributed by atoms with Gasteiger partial charge in [-0.25, -0.2) is 0 Å². The topological polar surface area (TPSA) is 55.6 Å². The summed E-state index contributed by atoms with van der Waals surface area (Å²) in [4.78, 5) is 14.0. The van der Waals surface area contributed by atoms with Gasteiger partial charge in [-0.05, 0) is 30.9 Å². The molecule has 6 heteroatoms. The van der Waals surface area contributed by atoms with E-state index in [0.29, 0.717) is 40.4 Å². The minimum Gasteiger partial charge on any atom is -0.396 e. The van der Waals surface area contributed by atoms with Crippen molar-refractivity contribution in [3.8, 4) is 0 Å². The first-order valence-corrected chi connectivity index (χ1v) is 7.32. The molecule has 1 aromatic rings. The molecule has 1 unspecified atom stereocenters. The molecule has 20 heavy (non-hydrogen) atoms. The highest BCUT2D eigenvalue weighted by Gasteiger charge is 2.20. The molecule has 110 valence electrons. The molecule has 1 aliphatic rings. The second-order valence-electron chi connectivity index (χ2n) is 5.12. The number of anilines is 1. The van der Waals surface area contributed by atoms with Crippen LogP contribution in [0.1, 0.15) is 23.2 Å². The summed E-state index contributed by atoms with van der Waals surface area (Å²) in [6.45, 7) is 2.19. The van der Waals surface area contributed by atoms with Crippen LogP contribution in [0, 0.1) is 5.92 Å². The van der Waals surface area contributed by atoms with Crippen LogP contribution >= 0.6 is 23.2 Å². The number of hydrogen-bond donors (Lipinski definition) is 1. The normalized spacial score (nSPS) is 18.9. The Hall–Kier alpha value is -0.970. The number of carbonyl (C=O) groups is 1. The molecule has 0 aromatic heterocycles. The highest BCUT2D eigenvalue weighted by Crippen LogP contribution is 2.29. The molecule has 0 saturated carbocycles. The van der Waals surface area contributed by atoms with Crippen molar-refractivity contribution in [1.29, 1.82) is 0 Å². The largest absolute Gasteiger partial charge is 0.396 e. The fraction of sp³-hybridized carbons (Fsp3) is 0.500. The first kappa shape index (κ1) is 15.4. The van der Waals surface area contributed by atoms with E-state index in [1.807, 2.05) is 0 Å². The van der Waals surface area contributed by atoms with Crippen LogP contribution in [-0.2, 0) is 4.74 Å². The molecule has 1 amide bonds. The summed E-state index contributed by atoms with van der Waals surface area (Å²) in [5.41, 5.74) is 6.42. The van der Waals surface area contributed by atoms with Crippen molar-refractivity contribution in [2.24, 2.45) is 5.92 Å². The Bertz CT molecular complexity index is 479. The Morgan fingerprint density at radius 2 is 2.10 bits per heavy atom. The Morgan fingerprint density at radius 3 is 2.65 bits per heavy atom. The summed E-state index contributed by atoms with van der Waals surface area (Å²) >= 11 is 11.9. The molecule has 0 bridgehead atoms. The van der Waals surface area contributed by atoms with Crippen LogP contribution in [0.5, 0.6) is 0 Å². The van der Waals surface area contributed by atoms with Crippen LogP contribution in [0.25, 0.3) is 0 Å². The Morgan fingerprint density at radius 1 is 1.45 bits per heavy atom. The molecular weight excluding hydrogens is 299 g/mol. The van der Waals surface area contributed by atoms with Crippen molar-refractivity contribution < 1.29 is 9.53 Å². The van der Waals surface area contributed by atoms with Gasteiger partial charge in [0.2, 0.25) is 0 Å². The van der Waals surface area contributed by atoms with E-state index in [9.17, 15) is 4.79 Å². The molecule has 0 aliphatic carbocycles. The highest BCUT2D eigenvalue weighted by molar-refractivity contribution is 6.39. The van der Waals surface area contributed by atoms with Crippen molar-refractivity contribution >= 4 is 34.8 Å². The maximum atomic E-state index is 12.4. The fourth-order valence-electron chi connectivity index (χ4n) is 2.35. The highest BCUT2D eigenvalue weighted by atomic mass is 35.5. The number of nitrogen functional groups attached to an aromatic ring is 1. The maximum Gasteiger partial charge on any atom is 0.253 e. The minimum absolute atomic E-state index is 0.112. The van der Waals surface area contributed by atoms with E-state index in [4.69, 9.17) is 33.7 Å². The molecule has 0 spiro atoms. The molecule has 1 fully saturated rings. The summed E-state index contributed by atoms with van der Waals surface area (Å²) in [5, 5.41) is 0.602. The second kappa shape index (κ2) is 6.66. The van der Waals surface area contributed by atoms with E-state index in [-0.39, 0.29) is 5.91 Å². The summed E-state index contributed by atoms with van der Waals surface area (Å²) in [6, 6.07) is 3.11. The molecule has 4 nitrogen and oxygen atoms in total. The number of benzene rings is 1. The van der Waals surface area contributed by atoms with Gasteiger partial charge in [-0.2, -0.15) is 0 Å². The number of ether oxygens (including phenoxy) is 1. The van der Waals surface area contributed by atoms with E-state index in [1.54, 1.807) is 24.1 Å². The van der Waals surface area contributed by atoms with Gasteiger partial charge in [-0.15, -0.1) is 0 Å². The zero-order chi connectivity index (χ0) is 14.7. The predicted molar refractivity (Wildman–Crippen MR) is 81.4 cm³/mol. The van der Waals surface area contributed by atoms with Gasteiger partial charge in [-0.1, -0.05) is 23.2 Å². The van der Waals surface area contributed by atoms with Gasteiger partial charge in [0.1, 0.15) is 0 Å². The van der Waals surface area contributed by atoms with Crippen LogP contribution in [0.4, 0.5) is 5.69 Å². The van der Waals surface area contributed by atoms with Gasteiger partial charge in [0.25, 0.3) is 5.91 Å². The van der Waals surface area contributed by atoms with Gasteiger partial charge in [0, 0.05) is 25.8 Å². The maximum absolute atomic E-state index is 12.4. The van der Waals surface area contributed by atoms with Crippen LogP contribution in [0.2, 0.25) is 10.0 Å². The number of amides is 1. The van der Waals surface area contributed by atoms with Gasteiger partial charge >= 0.3 is 0 Å². The summed E-state index contributed by atoms with van der Waals surface area (Å²) in [5.74, 6) is 0.275. The third-order valence-corrected chi connectivity index (χ3v) is 4.08. The second-order valence-corrected chi connectivity index (χ2v) is 5.94. The molecule has 1 heterocycles. The number of carbonyl (C=O) groups excluding carboxylic acids is 1. The smallest absolute Gasteiger partial charge is 0.253 e. The van der Waals surface area contributed by atoms with Crippen molar-refractivity contribution in [1.82, 2.24) is 4.90 Å². The Balaban J connectivity index is 2.06. The van der Waals surface area contributed by atoms with Crippen molar-refractivity contribution in [2.75, 3.05) is 32.5 Å². The predicted octanol–water partition coefficient (Wildman–Crippen LogP) is 3.07. The average Bonchev–Trinajstić information content (AvgIpc) is 2.44. The molecule has 1 aliphatic heterocycles. The lowest BCUT2D eigenvalue weighted by Crippen LogP contribution is -2.35. The van der Waals surface area contributed by atoms with Gasteiger partial charge in [0.05, 0.1) is 22.3 Å². The van der Waals surface area contributed by atoms with E-state index >= 15 is 0 Å².